The lowest BCUT2D eigenvalue weighted by Gasteiger charge is -2.32. The molecule has 1 atom stereocenters. The van der Waals surface area contributed by atoms with Crippen LogP contribution in [0.3, 0.4) is 0 Å². The zero-order valence-corrected chi connectivity index (χ0v) is 23.9. The van der Waals surface area contributed by atoms with E-state index in [0.29, 0.717) is 18.0 Å². The van der Waals surface area contributed by atoms with Gasteiger partial charge in [0.2, 0.25) is 21.8 Å². The van der Waals surface area contributed by atoms with Gasteiger partial charge < -0.3 is 15.0 Å². The van der Waals surface area contributed by atoms with Crippen LogP contribution in [0.4, 0.5) is 5.69 Å². The van der Waals surface area contributed by atoms with Gasteiger partial charge in [0.15, 0.2) is 0 Å². The maximum atomic E-state index is 13.7. The van der Waals surface area contributed by atoms with E-state index in [-0.39, 0.29) is 18.5 Å². The first-order chi connectivity index (χ1) is 18.5. The number of sulfonamides is 1. The zero-order chi connectivity index (χ0) is 28.6. The Hall–Kier alpha value is -3.85. The molecule has 0 unspecified atom stereocenters. The molecule has 0 aliphatic carbocycles. The zero-order valence-electron chi connectivity index (χ0n) is 23.1. The third-order valence-corrected chi connectivity index (χ3v) is 7.39. The van der Waals surface area contributed by atoms with Crippen LogP contribution in [0.25, 0.3) is 0 Å². The summed E-state index contributed by atoms with van der Waals surface area (Å²) in [6.07, 6.45) is 1.06. The van der Waals surface area contributed by atoms with E-state index in [2.05, 4.69) is 5.32 Å². The first kappa shape index (κ1) is 29.7. The second kappa shape index (κ2) is 13.3. The number of nitrogens with zero attached hydrogens (tertiary/aromatic N) is 2. The maximum Gasteiger partial charge on any atom is 0.244 e. The van der Waals surface area contributed by atoms with Crippen molar-refractivity contribution >= 4 is 27.5 Å². The Morgan fingerprint density at radius 3 is 2.10 bits per heavy atom. The Morgan fingerprint density at radius 1 is 0.897 bits per heavy atom. The quantitative estimate of drug-likeness (QED) is 0.363. The van der Waals surface area contributed by atoms with Gasteiger partial charge in [-0.05, 0) is 68.7 Å². The van der Waals surface area contributed by atoms with E-state index in [1.54, 1.807) is 31.2 Å². The largest absolute Gasteiger partial charge is 0.489 e. The van der Waals surface area contributed by atoms with Gasteiger partial charge in [0, 0.05) is 12.6 Å². The lowest BCUT2D eigenvalue weighted by Crippen LogP contribution is -2.52. The summed E-state index contributed by atoms with van der Waals surface area (Å²) in [7, 11) is -3.82. The van der Waals surface area contributed by atoms with Gasteiger partial charge in [-0.3, -0.25) is 13.9 Å². The molecule has 0 aromatic heterocycles. The van der Waals surface area contributed by atoms with Crippen LogP contribution in [0.15, 0.2) is 78.9 Å². The molecule has 3 rings (SSSR count). The van der Waals surface area contributed by atoms with E-state index < -0.39 is 28.5 Å². The van der Waals surface area contributed by atoms with Gasteiger partial charge in [-0.1, -0.05) is 54.6 Å². The van der Waals surface area contributed by atoms with Crippen LogP contribution in [0.2, 0.25) is 0 Å². The Labute approximate surface area is 231 Å². The minimum atomic E-state index is -3.82. The molecule has 0 spiro atoms. The number of ether oxygens (including phenoxy) is 1. The molecule has 9 heteroatoms. The van der Waals surface area contributed by atoms with Crippen LogP contribution in [-0.4, -0.2) is 50.0 Å². The van der Waals surface area contributed by atoms with Crippen LogP contribution in [0, 0.1) is 6.92 Å². The van der Waals surface area contributed by atoms with Crippen molar-refractivity contribution in [3.8, 4) is 5.75 Å². The molecule has 3 aromatic carbocycles. The van der Waals surface area contributed by atoms with E-state index >= 15 is 0 Å². The van der Waals surface area contributed by atoms with Gasteiger partial charge in [-0.2, -0.15) is 0 Å². The van der Waals surface area contributed by atoms with Crippen LogP contribution >= 0.6 is 0 Å². The molecule has 0 heterocycles. The number of carbonyl (C=O) groups excluding carboxylic acids is 2. The monoisotopic (exact) mass is 551 g/mol. The summed E-state index contributed by atoms with van der Waals surface area (Å²) in [4.78, 5) is 28.0. The fourth-order valence-electron chi connectivity index (χ4n) is 4.02. The fourth-order valence-corrected chi connectivity index (χ4v) is 4.87. The number of benzene rings is 3. The molecular formula is C30H37N3O5S. The third-order valence-electron chi connectivity index (χ3n) is 6.25. The normalized spacial score (nSPS) is 12.1. The summed E-state index contributed by atoms with van der Waals surface area (Å²) in [5.41, 5.74) is 3.18. The van der Waals surface area contributed by atoms with Gasteiger partial charge in [0.25, 0.3) is 0 Å². The second-order valence-corrected chi connectivity index (χ2v) is 11.7. The lowest BCUT2D eigenvalue weighted by atomic mass is 10.1. The highest BCUT2D eigenvalue weighted by Crippen LogP contribution is 2.23. The van der Waals surface area contributed by atoms with Gasteiger partial charge in [-0.25, -0.2) is 8.42 Å². The number of carbonyl (C=O) groups is 2. The first-order valence-electron chi connectivity index (χ1n) is 12.8. The molecule has 3 aromatic rings. The predicted molar refractivity (Wildman–Crippen MR) is 154 cm³/mol. The summed E-state index contributed by atoms with van der Waals surface area (Å²) >= 11 is 0. The molecule has 2 amide bonds. The molecule has 0 aliphatic rings. The minimum absolute atomic E-state index is 0.106. The van der Waals surface area contributed by atoms with E-state index in [1.165, 1.54) is 4.90 Å². The number of nitrogens with one attached hydrogen (secondary N) is 1. The molecule has 0 fully saturated rings. The van der Waals surface area contributed by atoms with Crippen molar-refractivity contribution in [1.29, 1.82) is 0 Å². The number of aryl methyl sites for hydroxylation is 1. The average molecular weight is 552 g/mol. The molecule has 1 N–H and O–H groups in total. The topological polar surface area (TPSA) is 96.0 Å². The summed E-state index contributed by atoms with van der Waals surface area (Å²) in [5.74, 6) is -0.222. The highest BCUT2D eigenvalue weighted by Gasteiger charge is 2.30. The molecule has 39 heavy (non-hydrogen) atoms. The summed E-state index contributed by atoms with van der Waals surface area (Å²) in [5, 5.41) is 2.84. The van der Waals surface area contributed by atoms with Gasteiger partial charge in [0.05, 0.1) is 11.9 Å². The Balaban J connectivity index is 1.83. The molecular weight excluding hydrogens is 514 g/mol. The molecule has 208 valence electrons. The number of hydrogen-bond donors (Lipinski definition) is 1. The summed E-state index contributed by atoms with van der Waals surface area (Å²) in [6, 6.07) is 22.9. The van der Waals surface area contributed by atoms with Gasteiger partial charge >= 0.3 is 0 Å². The van der Waals surface area contributed by atoms with Crippen molar-refractivity contribution in [2.75, 3.05) is 17.1 Å². The number of hydrogen-bond acceptors (Lipinski definition) is 5. The fraction of sp³-hybridized carbons (Fsp3) is 0.333. The number of anilines is 1. The summed E-state index contributed by atoms with van der Waals surface area (Å²) < 4.78 is 32.4. The van der Waals surface area contributed by atoms with Crippen LogP contribution in [0.5, 0.6) is 5.75 Å². The lowest BCUT2D eigenvalue weighted by molar-refractivity contribution is -0.139. The van der Waals surface area contributed by atoms with Crippen LogP contribution < -0.4 is 14.4 Å². The van der Waals surface area contributed by atoms with Gasteiger partial charge in [0.1, 0.15) is 24.9 Å². The van der Waals surface area contributed by atoms with E-state index in [1.807, 2.05) is 75.4 Å². The Morgan fingerprint density at radius 2 is 1.51 bits per heavy atom. The number of rotatable bonds is 12. The smallest absolute Gasteiger partial charge is 0.244 e. The maximum absolute atomic E-state index is 13.7. The Bertz CT molecular complexity index is 1360. The van der Waals surface area contributed by atoms with Crippen molar-refractivity contribution in [2.24, 2.45) is 0 Å². The third kappa shape index (κ3) is 8.58. The first-order valence-corrected chi connectivity index (χ1v) is 14.7. The van der Waals surface area contributed by atoms with Crippen molar-refractivity contribution < 1.29 is 22.7 Å². The van der Waals surface area contributed by atoms with Crippen molar-refractivity contribution in [3.05, 3.63) is 95.6 Å². The minimum Gasteiger partial charge on any atom is -0.489 e. The Kier molecular flexibility index (Phi) is 10.1. The molecule has 0 saturated carbocycles. The van der Waals surface area contributed by atoms with Crippen molar-refractivity contribution in [2.45, 2.75) is 52.9 Å². The van der Waals surface area contributed by atoms with E-state index in [0.717, 1.165) is 27.3 Å². The summed E-state index contributed by atoms with van der Waals surface area (Å²) in [6.45, 7) is 7.36. The standard InChI is InChI=1S/C30H37N3O5S/c1-22(2)31-30(35)24(4)32(19-26-14-10-9-11-23(26)3)29(34)20-33(39(5,36)37)27-15-17-28(18-16-27)38-21-25-12-7-6-8-13-25/h6-18,22,24H,19-21H2,1-5H3,(H,31,35)/t24-/m0/s1. The van der Waals surface area contributed by atoms with Gasteiger partial charge in [-0.15, -0.1) is 0 Å². The van der Waals surface area contributed by atoms with Crippen LogP contribution in [-0.2, 0) is 32.8 Å². The highest BCUT2D eigenvalue weighted by atomic mass is 32.2. The SMILES string of the molecule is Cc1ccccc1CN(C(=O)CN(c1ccc(OCc2ccccc2)cc1)S(C)(=O)=O)[C@@H](C)C(=O)NC(C)C. The average Bonchev–Trinajstić information content (AvgIpc) is 2.89. The van der Waals surface area contributed by atoms with Crippen LogP contribution in [0.1, 0.15) is 37.5 Å². The second-order valence-electron chi connectivity index (χ2n) is 9.83. The molecule has 8 nitrogen and oxygen atoms in total. The molecule has 0 radical (unpaired) electrons. The number of amides is 2. The molecule has 0 saturated heterocycles. The van der Waals surface area contributed by atoms with Crippen molar-refractivity contribution in [3.63, 3.8) is 0 Å². The van der Waals surface area contributed by atoms with Crippen molar-refractivity contribution in [1.82, 2.24) is 10.2 Å². The predicted octanol–water partition coefficient (Wildman–Crippen LogP) is 4.28. The highest BCUT2D eigenvalue weighted by molar-refractivity contribution is 7.92. The van der Waals surface area contributed by atoms with E-state index in [4.69, 9.17) is 4.74 Å². The molecule has 0 aliphatic heterocycles. The molecule has 0 bridgehead atoms. The van der Waals surface area contributed by atoms with E-state index in [9.17, 15) is 18.0 Å².